The van der Waals surface area contributed by atoms with Gasteiger partial charge in [-0.05, 0) is 68.1 Å². The van der Waals surface area contributed by atoms with Crippen molar-refractivity contribution in [3.63, 3.8) is 0 Å². The molecule has 0 unspecified atom stereocenters. The number of hydrogen-bond acceptors (Lipinski definition) is 10. The maximum atomic E-state index is 13.9. The average molecular weight is 621 g/mol. The second kappa shape index (κ2) is 12.2. The SMILES string of the molecule is NC(=O)c1cccc(S(=O)(=O)c2ccc(NC[C@@H]3CCN(C4CCOCC4)C3)c([N+](=O)[O-])c2)c1Oc1cnc2[nH]ccc2c1. The van der Waals surface area contributed by atoms with E-state index in [0.29, 0.717) is 29.5 Å². The molecule has 6 rings (SSSR count). The summed E-state index contributed by atoms with van der Waals surface area (Å²) in [6.45, 7) is 3.92. The molecule has 2 aromatic heterocycles. The molecule has 0 bridgehead atoms. The number of rotatable bonds is 10. The van der Waals surface area contributed by atoms with Gasteiger partial charge in [-0.15, -0.1) is 0 Å². The van der Waals surface area contributed by atoms with Crippen molar-refractivity contribution in [3.05, 3.63) is 76.6 Å². The highest BCUT2D eigenvalue weighted by molar-refractivity contribution is 7.91. The number of sulfone groups is 1. The maximum Gasteiger partial charge on any atom is 0.293 e. The Morgan fingerprint density at radius 3 is 2.77 bits per heavy atom. The number of likely N-dealkylation sites (tertiary alicyclic amines) is 1. The molecule has 13 nitrogen and oxygen atoms in total. The normalized spacial score (nSPS) is 18.0. The minimum atomic E-state index is -4.41. The lowest BCUT2D eigenvalue weighted by Crippen LogP contribution is -2.38. The van der Waals surface area contributed by atoms with E-state index < -0.39 is 20.7 Å². The predicted octanol–water partition coefficient (Wildman–Crippen LogP) is 4.11. The molecule has 0 saturated carbocycles. The molecule has 2 aliphatic heterocycles. The molecule has 2 aromatic carbocycles. The van der Waals surface area contributed by atoms with Crippen LogP contribution in [-0.2, 0) is 14.6 Å². The minimum absolute atomic E-state index is 0.167. The topological polar surface area (TPSA) is 183 Å². The summed E-state index contributed by atoms with van der Waals surface area (Å²) in [5.41, 5.74) is 5.86. The van der Waals surface area contributed by atoms with Crippen LogP contribution in [0, 0.1) is 16.0 Å². The number of nitrogens with one attached hydrogen (secondary N) is 2. The van der Waals surface area contributed by atoms with Gasteiger partial charge in [-0.25, -0.2) is 13.4 Å². The van der Waals surface area contributed by atoms with Crippen LogP contribution in [0.1, 0.15) is 29.6 Å². The van der Waals surface area contributed by atoms with E-state index in [9.17, 15) is 23.3 Å². The van der Waals surface area contributed by atoms with E-state index in [2.05, 4.69) is 20.2 Å². The number of nitro benzene ring substituents is 1. The van der Waals surface area contributed by atoms with Gasteiger partial charge in [0.25, 0.3) is 11.6 Å². The van der Waals surface area contributed by atoms with Crippen molar-refractivity contribution >= 4 is 38.2 Å². The van der Waals surface area contributed by atoms with Crippen molar-refractivity contribution in [1.29, 1.82) is 0 Å². The Kier molecular flexibility index (Phi) is 8.21. The Hall–Kier alpha value is -4.53. The molecular formula is C30H32N6O7S. The van der Waals surface area contributed by atoms with Gasteiger partial charge in [-0.3, -0.25) is 19.8 Å². The molecule has 0 spiro atoms. The number of fused-ring (bicyclic) bond motifs is 1. The molecule has 1 amide bonds. The second-order valence-electron chi connectivity index (χ2n) is 11.0. The Bertz CT molecular complexity index is 1820. The number of anilines is 1. The average Bonchev–Trinajstić information content (AvgIpc) is 3.70. The molecule has 230 valence electrons. The van der Waals surface area contributed by atoms with Gasteiger partial charge >= 0.3 is 0 Å². The number of pyridine rings is 1. The number of H-pyrrole nitrogens is 1. The van der Waals surface area contributed by atoms with Crippen LogP contribution in [0.3, 0.4) is 0 Å². The fourth-order valence-electron chi connectivity index (χ4n) is 5.89. The first-order valence-corrected chi connectivity index (χ1v) is 15.8. The first-order chi connectivity index (χ1) is 21.2. The molecule has 14 heteroatoms. The van der Waals surface area contributed by atoms with Crippen LogP contribution < -0.4 is 15.8 Å². The predicted molar refractivity (Wildman–Crippen MR) is 162 cm³/mol. The Balaban J connectivity index is 1.26. The summed E-state index contributed by atoms with van der Waals surface area (Å²) in [7, 11) is -4.41. The summed E-state index contributed by atoms with van der Waals surface area (Å²) in [4.78, 5) is 32.7. The number of hydrogen-bond donors (Lipinski definition) is 3. The molecule has 0 aliphatic carbocycles. The van der Waals surface area contributed by atoms with Crippen LogP contribution in [0.2, 0.25) is 0 Å². The number of nitrogens with two attached hydrogens (primary N) is 1. The second-order valence-corrected chi connectivity index (χ2v) is 12.9. The molecule has 0 radical (unpaired) electrons. The monoisotopic (exact) mass is 620 g/mol. The van der Waals surface area contributed by atoms with Gasteiger partial charge < -0.3 is 25.5 Å². The molecule has 4 heterocycles. The van der Waals surface area contributed by atoms with Crippen LogP contribution in [-0.4, -0.2) is 73.0 Å². The molecule has 4 aromatic rings. The molecule has 44 heavy (non-hydrogen) atoms. The van der Waals surface area contributed by atoms with Gasteiger partial charge in [0.15, 0.2) is 5.75 Å². The molecule has 4 N–H and O–H groups in total. The van der Waals surface area contributed by atoms with Crippen LogP contribution in [0.25, 0.3) is 11.0 Å². The van der Waals surface area contributed by atoms with Gasteiger partial charge in [-0.1, -0.05) is 6.07 Å². The van der Waals surface area contributed by atoms with Gasteiger partial charge in [0, 0.05) is 50.0 Å². The Morgan fingerprint density at radius 2 is 2.00 bits per heavy atom. The highest BCUT2D eigenvalue weighted by atomic mass is 32.2. The van der Waals surface area contributed by atoms with E-state index in [0.717, 1.165) is 51.6 Å². The first-order valence-electron chi connectivity index (χ1n) is 14.3. The van der Waals surface area contributed by atoms with E-state index in [-0.39, 0.29) is 38.2 Å². The summed E-state index contributed by atoms with van der Waals surface area (Å²) >= 11 is 0. The third-order valence-electron chi connectivity index (χ3n) is 8.21. The Morgan fingerprint density at radius 1 is 1.18 bits per heavy atom. The summed E-state index contributed by atoms with van der Waals surface area (Å²) in [6, 6.07) is 11.6. The third-order valence-corrected chi connectivity index (χ3v) is 9.99. The maximum absolute atomic E-state index is 13.9. The number of nitrogens with zero attached hydrogens (tertiary/aromatic N) is 3. The minimum Gasteiger partial charge on any atom is -0.453 e. The van der Waals surface area contributed by atoms with Crippen molar-refractivity contribution in [2.45, 2.75) is 35.1 Å². The van der Waals surface area contributed by atoms with Crippen molar-refractivity contribution in [2.24, 2.45) is 11.7 Å². The number of ether oxygens (including phenoxy) is 2. The van der Waals surface area contributed by atoms with Gasteiger partial charge in [-0.2, -0.15) is 0 Å². The summed E-state index contributed by atoms with van der Waals surface area (Å²) < 4.78 is 39.2. The van der Waals surface area contributed by atoms with Gasteiger partial charge in [0.05, 0.1) is 21.6 Å². The van der Waals surface area contributed by atoms with Crippen LogP contribution in [0.4, 0.5) is 11.4 Å². The largest absolute Gasteiger partial charge is 0.453 e. The first kappa shape index (κ1) is 29.5. The standard InChI is InChI=1S/C30H32N6O7S/c31-29(37)24-2-1-3-27(28(24)43-22-14-20-6-10-32-30(20)34-17-22)44(40,41)23-4-5-25(26(15-23)36(38)39)33-16-19-7-11-35(18-19)21-8-12-42-13-9-21/h1-6,10,14-15,17,19,21,33H,7-9,11-13,16,18H2,(H2,31,37)(H,32,34)/t19-/m0/s1. The van der Waals surface area contributed by atoms with Crippen LogP contribution in [0.5, 0.6) is 11.5 Å². The van der Waals surface area contributed by atoms with E-state index >= 15 is 0 Å². The molecule has 2 saturated heterocycles. The summed E-state index contributed by atoms with van der Waals surface area (Å²) in [6.07, 6.45) is 6.06. The Labute approximate surface area is 253 Å². The number of aromatic nitrogens is 2. The quantitative estimate of drug-likeness (QED) is 0.172. The summed E-state index contributed by atoms with van der Waals surface area (Å²) in [5, 5.41) is 16.0. The van der Waals surface area contributed by atoms with Crippen LogP contribution in [0.15, 0.2) is 70.7 Å². The molecule has 2 fully saturated rings. The number of carbonyl (C=O) groups excluding carboxylic acids is 1. The zero-order valence-corrected chi connectivity index (χ0v) is 24.6. The lowest BCUT2D eigenvalue weighted by atomic mass is 10.1. The number of benzene rings is 2. The number of aromatic amines is 1. The number of carbonyl (C=O) groups is 1. The molecule has 1 atom stereocenters. The zero-order valence-electron chi connectivity index (χ0n) is 23.8. The highest BCUT2D eigenvalue weighted by Crippen LogP contribution is 2.38. The molecule has 2 aliphatic rings. The van der Waals surface area contributed by atoms with Crippen molar-refractivity contribution < 1.29 is 27.6 Å². The van der Waals surface area contributed by atoms with E-state index in [4.69, 9.17) is 15.2 Å². The number of nitro groups is 1. The lowest BCUT2D eigenvalue weighted by Gasteiger charge is -2.31. The van der Waals surface area contributed by atoms with E-state index in [1.54, 1.807) is 18.3 Å². The third kappa shape index (κ3) is 5.96. The van der Waals surface area contributed by atoms with Gasteiger partial charge in [0.2, 0.25) is 9.84 Å². The molecular weight excluding hydrogens is 588 g/mol. The number of para-hydroxylation sites is 1. The number of primary amides is 1. The van der Waals surface area contributed by atoms with Crippen LogP contribution >= 0.6 is 0 Å². The van der Waals surface area contributed by atoms with E-state index in [1.807, 2.05) is 0 Å². The fourth-order valence-corrected chi connectivity index (χ4v) is 7.31. The fraction of sp³-hybridized carbons (Fsp3) is 0.333. The van der Waals surface area contributed by atoms with Gasteiger partial charge in [0.1, 0.15) is 22.0 Å². The summed E-state index contributed by atoms with van der Waals surface area (Å²) in [5.74, 6) is -0.718. The lowest BCUT2D eigenvalue weighted by molar-refractivity contribution is -0.384. The van der Waals surface area contributed by atoms with Crippen molar-refractivity contribution in [1.82, 2.24) is 14.9 Å². The van der Waals surface area contributed by atoms with Crippen molar-refractivity contribution in [2.75, 3.05) is 38.2 Å². The zero-order chi connectivity index (χ0) is 30.8. The highest BCUT2D eigenvalue weighted by Gasteiger charge is 2.31. The smallest absolute Gasteiger partial charge is 0.293 e. The van der Waals surface area contributed by atoms with Crippen molar-refractivity contribution in [3.8, 4) is 11.5 Å². The number of amides is 1. The van der Waals surface area contributed by atoms with E-state index in [1.165, 1.54) is 36.5 Å².